The van der Waals surface area contributed by atoms with Gasteiger partial charge >= 0.3 is 0 Å². The molecule has 3 heteroatoms. The van der Waals surface area contributed by atoms with Crippen LogP contribution in [0.5, 0.6) is 5.75 Å². The Morgan fingerprint density at radius 3 is 2.38 bits per heavy atom. The van der Waals surface area contributed by atoms with Crippen LogP contribution in [0.15, 0.2) is 48.5 Å². The summed E-state index contributed by atoms with van der Waals surface area (Å²) in [6.07, 6.45) is 0. The van der Waals surface area contributed by atoms with E-state index in [0.29, 0.717) is 0 Å². The standard InChI is InChI=1S/C18H24N2O/c1-18(2,14-8-10-15(19)11-9-14)13-20(3)16-6-5-7-17(12-16)21-4/h5-12H,13,19H2,1-4H3. The summed E-state index contributed by atoms with van der Waals surface area (Å²) in [7, 11) is 3.80. The molecule has 3 nitrogen and oxygen atoms in total. The summed E-state index contributed by atoms with van der Waals surface area (Å²) in [5, 5.41) is 0. The van der Waals surface area contributed by atoms with Gasteiger partial charge in [-0.3, -0.25) is 0 Å². The molecule has 0 bridgehead atoms. The third-order valence-corrected chi connectivity index (χ3v) is 3.82. The van der Waals surface area contributed by atoms with Gasteiger partial charge in [0.1, 0.15) is 5.75 Å². The Bertz CT molecular complexity index is 590. The van der Waals surface area contributed by atoms with E-state index in [9.17, 15) is 0 Å². The van der Waals surface area contributed by atoms with Crippen molar-refractivity contribution in [1.82, 2.24) is 0 Å². The van der Waals surface area contributed by atoms with Crippen LogP contribution in [0, 0.1) is 0 Å². The Hall–Kier alpha value is -2.16. The van der Waals surface area contributed by atoms with Crippen LogP contribution >= 0.6 is 0 Å². The van der Waals surface area contributed by atoms with E-state index in [4.69, 9.17) is 10.5 Å². The second-order valence-corrected chi connectivity index (χ2v) is 6.06. The normalized spacial score (nSPS) is 11.2. The minimum atomic E-state index is 0.0333. The summed E-state index contributed by atoms with van der Waals surface area (Å²) in [5.41, 5.74) is 9.04. The van der Waals surface area contributed by atoms with Crippen molar-refractivity contribution in [2.24, 2.45) is 0 Å². The molecule has 0 saturated heterocycles. The molecule has 0 saturated carbocycles. The number of hydrogen-bond donors (Lipinski definition) is 1. The molecule has 0 spiro atoms. The van der Waals surface area contributed by atoms with Gasteiger partial charge in [-0.1, -0.05) is 32.0 Å². The lowest BCUT2D eigenvalue weighted by Gasteiger charge is -2.32. The number of benzene rings is 2. The van der Waals surface area contributed by atoms with E-state index in [0.717, 1.165) is 23.7 Å². The first-order valence-corrected chi connectivity index (χ1v) is 7.13. The van der Waals surface area contributed by atoms with Crippen LogP contribution < -0.4 is 15.4 Å². The predicted molar refractivity (Wildman–Crippen MR) is 90.1 cm³/mol. The lowest BCUT2D eigenvalue weighted by molar-refractivity contribution is 0.414. The summed E-state index contributed by atoms with van der Waals surface area (Å²) >= 11 is 0. The van der Waals surface area contributed by atoms with E-state index in [1.807, 2.05) is 24.3 Å². The van der Waals surface area contributed by atoms with E-state index in [2.05, 4.69) is 50.1 Å². The second-order valence-electron chi connectivity index (χ2n) is 6.06. The fourth-order valence-electron chi connectivity index (χ4n) is 2.56. The summed E-state index contributed by atoms with van der Waals surface area (Å²) in [4.78, 5) is 2.25. The highest BCUT2D eigenvalue weighted by Gasteiger charge is 2.22. The maximum absolute atomic E-state index is 5.77. The number of likely N-dealkylation sites (N-methyl/N-ethyl adjacent to an activating group) is 1. The van der Waals surface area contributed by atoms with Crippen LogP contribution in [0.2, 0.25) is 0 Å². The van der Waals surface area contributed by atoms with Gasteiger partial charge in [0.25, 0.3) is 0 Å². The first-order valence-electron chi connectivity index (χ1n) is 7.13. The van der Waals surface area contributed by atoms with Gasteiger partial charge in [0, 0.05) is 36.4 Å². The third-order valence-electron chi connectivity index (χ3n) is 3.82. The number of nitrogens with zero attached hydrogens (tertiary/aromatic N) is 1. The van der Waals surface area contributed by atoms with Gasteiger partial charge in [-0.25, -0.2) is 0 Å². The lowest BCUT2D eigenvalue weighted by atomic mass is 9.84. The minimum Gasteiger partial charge on any atom is -0.497 e. The molecule has 2 rings (SSSR count). The molecule has 0 amide bonds. The van der Waals surface area contributed by atoms with Crippen molar-refractivity contribution in [3.05, 3.63) is 54.1 Å². The molecule has 2 aromatic carbocycles. The zero-order chi connectivity index (χ0) is 15.5. The van der Waals surface area contributed by atoms with Gasteiger partial charge < -0.3 is 15.4 Å². The van der Waals surface area contributed by atoms with Crippen LogP contribution in [0.25, 0.3) is 0 Å². The largest absolute Gasteiger partial charge is 0.497 e. The average molecular weight is 284 g/mol. The molecular formula is C18H24N2O. The molecule has 2 N–H and O–H groups in total. The molecule has 0 heterocycles. The highest BCUT2D eigenvalue weighted by molar-refractivity contribution is 5.51. The van der Waals surface area contributed by atoms with E-state index < -0.39 is 0 Å². The van der Waals surface area contributed by atoms with Gasteiger partial charge in [0.15, 0.2) is 0 Å². The van der Waals surface area contributed by atoms with Crippen LogP contribution in [-0.2, 0) is 5.41 Å². The molecule has 0 fully saturated rings. The van der Waals surface area contributed by atoms with Crippen molar-refractivity contribution >= 4 is 11.4 Å². The first-order chi connectivity index (χ1) is 9.92. The van der Waals surface area contributed by atoms with Gasteiger partial charge in [-0.05, 0) is 29.8 Å². The van der Waals surface area contributed by atoms with Gasteiger partial charge in [0.2, 0.25) is 0 Å². The Morgan fingerprint density at radius 1 is 1.10 bits per heavy atom. The molecule has 0 aliphatic rings. The van der Waals surface area contributed by atoms with E-state index in [1.165, 1.54) is 5.56 Å². The topological polar surface area (TPSA) is 38.5 Å². The van der Waals surface area contributed by atoms with Crippen molar-refractivity contribution in [2.45, 2.75) is 19.3 Å². The summed E-state index contributed by atoms with van der Waals surface area (Å²) in [5.74, 6) is 0.879. The third kappa shape index (κ3) is 3.69. The highest BCUT2D eigenvalue weighted by Crippen LogP contribution is 2.28. The SMILES string of the molecule is COc1cccc(N(C)CC(C)(C)c2ccc(N)cc2)c1. The fraction of sp³-hybridized carbons (Fsp3) is 0.333. The monoisotopic (exact) mass is 284 g/mol. The number of rotatable bonds is 5. The molecule has 0 aromatic heterocycles. The molecule has 112 valence electrons. The molecule has 2 aromatic rings. The van der Waals surface area contributed by atoms with Crippen molar-refractivity contribution in [3.63, 3.8) is 0 Å². The highest BCUT2D eigenvalue weighted by atomic mass is 16.5. The molecular weight excluding hydrogens is 260 g/mol. The predicted octanol–water partition coefficient (Wildman–Crippen LogP) is 3.69. The second kappa shape index (κ2) is 6.08. The van der Waals surface area contributed by atoms with Gasteiger partial charge in [-0.15, -0.1) is 0 Å². The van der Waals surface area contributed by atoms with Crippen molar-refractivity contribution in [3.8, 4) is 5.75 Å². The number of anilines is 2. The van der Waals surface area contributed by atoms with Crippen LogP contribution in [0.1, 0.15) is 19.4 Å². The number of methoxy groups -OCH3 is 1. The lowest BCUT2D eigenvalue weighted by Crippen LogP contribution is -2.34. The fourth-order valence-corrected chi connectivity index (χ4v) is 2.56. The molecule has 0 aliphatic heterocycles. The van der Waals surface area contributed by atoms with Gasteiger partial charge in [0.05, 0.1) is 7.11 Å². The molecule has 0 atom stereocenters. The Balaban J connectivity index is 2.16. The first kappa shape index (κ1) is 15.2. The number of nitrogens with two attached hydrogens (primary N) is 1. The molecule has 0 radical (unpaired) electrons. The van der Waals surface area contributed by atoms with Crippen LogP contribution in [0.3, 0.4) is 0 Å². The van der Waals surface area contributed by atoms with Crippen LogP contribution in [-0.4, -0.2) is 20.7 Å². The van der Waals surface area contributed by atoms with E-state index in [-0.39, 0.29) is 5.41 Å². The minimum absolute atomic E-state index is 0.0333. The van der Waals surface area contributed by atoms with E-state index in [1.54, 1.807) is 7.11 Å². The summed E-state index contributed by atoms with van der Waals surface area (Å²) in [6, 6.07) is 16.3. The van der Waals surface area contributed by atoms with E-state index >= 15 is 0 Å². The smallest absolute Gasteiger partial charge is 0.120 e. The summed E-state index contributed by atoms with van der Waals surface area (Å²) in [6.45, 7) is 5.40. The average Bonchev–Trinajstić information content (AvgIpc) is 2.47. The Morgan fingerprint density at radius 2 is 1.76 bits per heavy atom. The maximum Gasteiger partial charge on any atom is 0.120 e. The van der Waals surface area contributed by atoms with Crippen molar-refractivity contribution in [2.75, 3.05) is 31.3 Å². The molecule has 21 heavy (non-hydrogen) atoms. The Kier molecular flexibility index (Phi) is 4.41. The Labute approximate surface area is 127 Å². The zero-order valence-electron chi connectivity index (χ0n) is 13.3. The number of ether oxygens (including phenoxy) is 1. The maximum atomic E-state index is 5.77. The van der Waals surface area contributed by atoms with Crippen LogP contribution in [0.4, 0.5) is 11.4 Å². The van der Waals surface area contributed by atoms with Crippen molar-refractivity contribution in [1.29, 1.82) is 0 Å². The number of nitrogen functional groups attached to an aromatic ring is 1. The van der Waals surface area contributed by atoms with Crippen molar-refractivity contribution < 1.29 is 4.74 Å². The van der Waals surface area contributed by atoms with Gasteiger partial charge in [-0.2, -0.15) is 0 Å². The summed E-state index contributed by atoms with van der Waals surface area (Å²) < 4.78 is 5.29. The number of hydrogen-bond acceptors (Lipinski definition) is 3. The molecule has 0 aliphatic carbocycles. The molecule has 0 unspecified atom stereocenters. The quantitative estimate of drug-likeness (QED) is 0.851. The zero-order valence-corrected chi connectivity index (χ0v) is 13.3.